The molecule has 0 aliphatic carbocycles. The molecule has 2 rings (SSSR count). The Balaban J connectivity index is 1.91. The van der Waals surface area contributed by atoms with Crippen LogP contribution in [0.25, 0.3) is 0 Å². The number of thioether (sulfide) groups is 1. The third-order valence-electron chi connectivity index (χ3n) is 3.91. The molecule has 2 aromatic carbocycles. The molecule has 1 amide bonds. The van der Waals surface area contributed by atoms with Gasteiger partial charge < -0.3 is 5.32 Å². The van der Waals surface area contributed by atoms with Gasteiger partial charge in [0, 0.05) is 23.1 Å². The molecule has 1 atom stereocenters. The van der Waals surface area contributed by atoms with E-state index in [1.165, 1.54) is 30.8 Å². The summed E-state index contributed by atoms with van der Waals surface area (Å²) >= 11 is 7.43. The smallest absolute Gasteiger partial charge is 0.243 e. The average molecular weight is 445 g/mol. The van der Waals surface area contributed by atoms with Gasteiger partial charge in [-0.15, -0.1) is 0 Å². The predicted molar refractivity (Wildman–Crippen MR) is 114 cm³/mol. The van der Waals surface area contributed by atoms with Gasteiger partial charge in [-0.2, -0.15) is 11.8 Å². The van der Waals surface area contributed by atoms with Crippen molar-refractivity contribution in [2.45, 2.75) is 18.7 Å². The Bertz CT molecular complexity index is 925. The number of nitrogens with zero attached hydrogens (tertiary/aromatic N) is 1. The molecule has 0 fully saturated rings. The minimum absolute atomic E-state index is 0.252. The number of sulfonamides is 1. The van der Waals surface area contributed by atoms with Crippen LogP contribution in [0.3, 0.4) is 0 Å². The van der Waals surface area contributed by atoms with E-state index in [0.717, 1.165) is 10.6 Å². The minimum Gasteiger partial charge on any atom is -0.353 e. The second kappa shape index (κ2) is 10.1. The van der Waals surface area contributed by atoms with Gasteiger partial charge in [0.2, 0.25) is 15.9 Å². The van der Waals surface area contributed by atoms with Crippen LogP contribution in [0.5, 0.6) is 0 Å². The Morgan fingerprint density at radius 3 is 2.61 bits per heavy atom. The zero-order valence-corrected chi connectivity index (χ0v) is 18.0. The zero-order valence-electron chi connectivity index (χ0n) is 15.6. The fourth-order valence-corrected chi connectivity index (χ4v) is 4.81. The van der Waals surface area contributed by atoms with Crippen molar-refractivity contribution in [1.29, 1.82) is 0 Å². The van der Waals surface area contributed by atoms with Gasteiger partial charge in [0.05, 0.1) is 11.9 Å². The lowest BCUT2D eigenvalue weighted by Crippen LogP contribution is -2.48. The molecule has 5 nitrogen and oxygen atoms in total. The van der Waals surface area contributed by atoms with Crippen molar-refractivity contribution in [3.8, 4) is 0 Å². The number of rotatable bonds is 9. The lowest BCUT2D eigenvalue weighted by molar-refractivity contribution is -0.121. The number of hydrogen-bond acceptors (Lipinski definition) is 4. The first-order valence-electron chi connectivity index (χ1n) is 8.54. The van der Waals surface area contributed by atoms with E-state index in [4.69, 9.17) is 11.6 Å². The number of carbonyl (C=O) groups excluding carboxylic acids is 1. The van der Waals surface area contributed by atoms with Gasteiger partial charge in [-0.25, -0.2) is 12.8 Å². The first kappa shape index (κ1) is 22.5. The number of anilines is 1. The fourth-order valence-electron chi connectivity index (χ4n) is 2.61. The van der Waals surface area contributed by atoms with Crippen LogP contribution in [-0.4, -0.2) is 38.9 Å². The van der Waals surface area contributed by atoms with Gasteiger partial charge in [0.15, 0.2) is 0 Å². The number of benzene rings is 2. The van der Waals surface area contributed by atoms with Gasteiger partial charge in [-0.1, -0.05) is 35.9 Å². The van der Waals surface area contributed by atoms with Gasteiger partial charge >= 0.3 is 0 Å². The number of carbonyl (C=O) groups is 1. The van der Waals surface area contributed by atoms with Crippen LogP contribution in [-0.2, 0) is 20.6 Å². The second-order valence-corrected chi connectivity index (χ2v) is 9.55. The molecule has 0 unspecified atom stereocenters. The highest BCUT2D eigenvalue weighted by molar-refractivity contribution is 7.98. The van der Waals surface area contributed by atoms with Crippen LogP contribution in [0.15, 0.2) is 48.5 Å². The third kappa shape index (κ3) is 6.39. The maximum Gasteiger partial charge on any atom is 0.243 e. The van der Waals surface area contributed by atoms with Crippen molar-refractivity contribution in [2.24, 2.45) is 0 Å². The number of halogens is 2. The van der Waals surface area contributed by atoms with Crippen LogP contribution in [0.2, 0.25) is 5.02 Å². The lowest BCUT2D eigenvalue weighted by atomic mass is 10.2. The molecule has 28 heavy (non-hydrogen) atoms. The molecule has 152 valence electrons. The highest BCUT2D eigenvalue weighted by Gasteiger charge is 2.29. The molecule has 2 aromatic rings. The largest absolute Gasteiger partial charge is 0.353 e. The Morgan fingerprint density at radius 1 is 1.25 bits per heavy atom. The summed E-state index contributed by atoms with van der Waals surface area (Å²) in [4.78, 5) is 12.5. The zero-order chi connectivity index (χ0) is 20.7. The molecule has 9 heteroatoms. The molecule has 0 saturated heterocycles. The van der Waals surface area contributed by atoms with E-state index in [2.05, 4.69) is 5.32 Å². The van der Waals surface area contributed by atoms with Crippen molar-refractivity contribution in [2.75, 3.05) is 22.9 Å². The van der Waals surface area contributed by atoms with E-state index in [9.17, 15) is 17.6 Å². The average Bonchev–Trinajstić information content (AvgIpc) is 2.61. The highest BCUT2D eigenvalue weighted by atomic mass is 35.5. The summed E-state index contributed by atoms with van der Waals surface area (Å²) in [5.41, 5.74) is 0.933. The summed E-state index contributed by atoms with van der Waals surface area (Å²) in [6.45, 7) is 1.86. The standard InChI is InChI=1S/C19H22ClFN2O3S2/c1-14(23(28(2,25)26)17-8-5-7-16(20)12-17)19(24)22-10-11-27-13-15-6-3-4-9-18(15)21/h3-9,12,14H,10-11,13H2,1-2H3,(H,22,24)/t14-/m1/s1. The van der Waals surface area contributed by atoms with Crippen molar-refractivity contribution < 1.29 is 17.6 Å². The molecule has 0 bridgehead atoms. The van der Waals surface area contributed by atoms with Gasteiger partial charge in [-0.3, -0.25) is 9.10 Å². The van der Waals surface area contributed by atoms with Crippen molar-refractivity contribution in [3.63, 3.8) is 0 Å². The van der Waals surface area contributed by atoms with Gasteiger partial charge in [0.25, 0.3) is 0 Å². The predicted octanol–water partition coefficient (Wildman–Crippen LogP) is 3.68. The van der Waals surface area contributed by atoms with E-state index in [1.54, 1.807) is 36.4 Å². The van der Waals surface area contributed by atoms with E-state index < -0.39 is 22.0 Å². The van der Waals surface area contributed by atoms with E-state index >= 15 is 0 Å². The first-order valence-corrected chi connectivity index (χ1v) is 11.9. The highest BCUT2D eigenvalue weighted by Crippen LogP contribution is 2.24. The van der Waals surface area contributed by atoms with Crippen molar-refractivity contribution >= 4 is 45.0 Å². The summed E-state index contributed by atoms with van der Waals surface area (Å²) in [6, 6.07) is 11.9. The topological polar surface area (TPSA) is 66.5 Å². The summed E-state index contributed by atoms with van der Waals surface area (Å²) in [5, 5.41) is 3.11. The Labute approximate surface area is 174 Å². The van der Waals surface area contributed by atoms with Gasteiger partial charge in [-0.05, 0) is 36.8 Å². The minimum atomic E-state index is -3.69. The molecular weight excluding hydrogens is 423 g/mol. The summed E-state index contributed by atoms with van der Waals surface area (Å²) in [5.74, 6) is 0.397. The number of hydrogen-bond donors (Lipinski definition) is 1. The molecule has 0 spiro atoms. The monoisotopic (exact) mass is 444 g/mol. The molecule has 0 radical (unpaired) electrons. The summed E-state index contributed by atoms with van der Waals surface area (Å²) in [7, 11) is -3.69. The fraction of sp³-hybridized carbons (Fsp3) is 0.316. The van der Waals surface area contributed by atoms with Crippen molar-refractivity contribution in [3.05, 3.63) is 64.9 Å². The molecule has 0 saturated carbocycles. The maximum absolute atomic E-state index is 13.6. The van der Waals surface area contributed by atoms with Crippen molar-refractivity contribution in [1.82, 2.24) is 5.32 Å². The maximum atomic E-state index is 13.6. The summed E-state index contributed by atoms with van der Waals surface area (Å²) in [6.07, 6.45) is 1.04. The van der Waals surface area contributed by atoms with Gasteiger partial charge in [0.1, 0.15) is 11.9 Å². The third-order valence-corrected chi connectivity index (χ3v) is 6.40. The normalized spacial score (nSPS) is 12.4. The lowest BCUT2D eigenvalue weighted by Gasteiger charge is -2.28. The molecule has 0 aliphatic rings. The molecular formula is C19H22ClFN2O3S2. The second-order valence-electron chi connectivity index (χ2n) is 6.15. The Kier molecular flexibility index (Phi) is 8.15. The van der Waals surface area contributed by atoms with E-state index in [-0.39, 0.29) is 5.82 Å². The SMILES string of the molecule is C[C@H](C(=O)NCCSCc1ccccc1F)N(c1cccc(Cl)c1)S(C)(=O)=O. The Morgan fingerprint density at radius 2 is 1.96 bits per heavy atom. The molecule has 0 aliphatic heterocycles. The van der Waals surface area contributed by atoms with Crippen LogP contribution >= 0.6 is 23.4 Å². The summed E-state index contributed by atoms with van der Waals surface area (Å²) < 4.78 is 39.0. The molecule has 0 heterocycles. The van der Waals surface area contributed by atoms with Crippen LogP contribution < -0.4 is 9.62 Å². The Hall–Kier alpha value is -1.77. The quantitative estimate of drug-likeness (QED) is 0.599. The van der Waals surface area contributed by atoms with E-state index in [0.29, 0.717) is 34.3 Å². The number of nitrogens with one attached hydrogen (secondary N) is 1. The molecule has 0 aromatic heterocycles. The van der Waals surface area contributed by atoms with Crippen LogP contribution in [0, 0.1) is 5.82 Å². The van der Waals surface area contributed by atoms with Crippen LogP contribution in [0.1, 0.15) is 12.5 Å². The number of amides is 1. The first-order chi connectivity index (χ1) is 13.2. The van der Waals surface area contributed by atoms with Crippen LogP contribution in [0.4, 0.5) is 10.1 Å². The van der Waals surface area contributed by atoms with E-state index in [1.807, 2.05) is 0 Å². The molecule has 1 N–H and O–H groups in total.